The molecule has 24 heavy (non-hydrogen) atoms. The second-order valence-electron chi connectivity index (χ2n) is 5.07. The second kappa shape index (κ2) is 9.89. The number of rotatable bonds is 8. The van der Waals surface area contributed by atoms with Crippen LogP contribution < -0.4 is 15.4 Å². The van der Waals surface area contributed by atoms with Gasteiger partial charge < -0.3 is 20.5 Å². The molecular formula is C17H22FN3O2S. The van der Waals surface area contributed by atoms with E-state index in [0.717, 1.165) is 6.54 Å². The first-order valence-corrected chi connectivity index (χ1v) is 8.66. The number of nitrogens with zero attached hydrogens (tertiary/aromatic N) is 1. The van der Waals surface area contributed by atoms with E-state index >= 15 is 0 Å². The van der Waals surface area contributed by atoms with Crippen LogP contribution in [0.1, 0.15) is 11.8 Å². The highest BCUT2D eigenvalue weighted by Gasteiger charge is 2.07. The fourth-order valence-corrected chi connectivity index (χ4v) is 2.53. The Morgan fingerprint density at radius 1 is 1.29 bits per heavy atom. The van der Waals surface area contributed by atoms with Crippen LogP contribution in [0.5, 0.6) is 5.75 Å². The Labute approximate surface area is 145 Å². The number of aliphatic hydroxyl groups excluding tert-OH is 1. The first kappa shape index (κ1) is 18.2. The average molecular weight is 351 g/mol. The van der Waals surface area contributed by atoms with Crippen molar-refractivity contribution in [1.29, 1.82) is 0 Å². The van der Waals surface area contributed by atoms with Crippen LogP contribution in [-0.2, 0) is 6.54 Å². The lowest BCUT2D eigenvalue weighted by Crippen LogP contribution is -2.42. The highest BCUT2D eigenvalue weighted by atomic mass is 32.1. The maximum absolute atomic E-state index is 12.8. The zero-order chi connectivity index (χ0) is 17.2. The third kappa shape index (κ3) is 6.55. The Morgan fingerprint density at radius 2 is 2.08 bits per heavy atom. The van der Waals surface area contributed by atoms with Crippen molar-refractivity contribution in [3.8, 4) is 5.75 Å². The summed E-state index contributed by atoms with van der Waals surface area (Å²) < 4.78 is 18.2. The van der Waals surface area contributed by atoms with Crippen molar-refractivity contribution in [1.82, 2.24) is 10.6 Å². The van der Waals surface area contributed by atoms with Gasteiger partial charge in [-0.25, -0.2) is 9.38 Å². The summed E-state index contributed by atoms with van der Waals surface area (Å²) in [5.41, 5.74) is 0. The summed E-state index contributed by atoms with van der Waals surface area (Å²) in [5.74, 6) is 0.849. The zero-order valence-electron chi connectivity index (χ0n) is 13.5. The highest BCUT2D eigenvalue weighted by Crippen LogP contribution is 2.11. The monoisotopic (exact) mass is 351 g/mol. The minimum atomic E-state index is -0.708. The second-order valence-corrected chi connectivity index (χ2v) is 6.11. The predicted molar refractivity (Wildman–Crippen MR) is 95.0 cm³/mol. The third-order valence-electron chi connectivity index (χ3n) is 3.08. The van der Waals surface area contributed by atoms with Crippen LogP contribution >= 0.6 is 11.3 Å². The molecule has 1 atom stereocenters. The number of aliphatic imine (C=N–C) groups is 1. The van der Waals surface area contributed by atoms with Gasteiger partial charge in [0.05, 0.1) is 6.54 Å². The average Bonchev–Trinajstić information content (AvgIpc) is 3.10. The van der Waals surface area contributed by atoms with Gasteiger partial charge in [0, 0.05) is 18.0 Å². The van der Waals surface area contributed by atoms with Gasteiger partial charge in [-0.15, -0.1) is 11.3 Å². The van der Waals surface area contributed by atoms with Gasteiger partial charge in [0.15, 0.2) is 5.96 Å². The topological polar surface area (TPSA) is 65.9 Å². The van der Waals surface area contributed by atoms with Gasteiger partial charge in [-0.2, -0.15) is 0 Å². The molecule has 1 heterocycles. The van der Waals surface area contributed by atoms with E-state index < -0.39 is 6.10 Å². The molecule has 2 rings (SSSR count). The SMILES string of the molecule is CCNC(=NCc1cccs1)NCC(O)COc1ccc(F)cc1. The van der Waals surface area contributed by atoms with E-state index in [9.17, 15) is 9.50 Å². The van der Waals surface area contributed by atoms with E-state index in [1.54, 1.807) is 11.3 Å². The van der Waals surface area contributed by atoms with Crippen LogP contribution in [-0.4, -0.2) is 36.9 Å². The van der Waals surface area contributed by atoms with Crippen molar-refractivity contribution in [3.05, 3.63) is 52.5 Å². The van der Waals surface area contributed by atoms with Crippen LogP contribution in [0.25, 0.3) is 0 Å². The Kier molecular flexibility index (Phi) is 7.51. The molecule has 2 aromatic rings. The summed E-state index contributed by atoms with van der Waals surface area (Å²) in [6.07, 6.45) is -0.708. The van der Waals surface area contributed by atoms with Crippen molar-refractivity contribution in [2.75, 3.05) is 19.7 Å². The summed E-state index contributed by atoms with van der Waals surface area (Å²) in [4.78, 5) is 5.64. The number of ether oxygens (including phenoxy) is 1. The van der Waals surface area contributed by atoms with Crippen molar-refractivity contribution in [3.63, 3.8) is 0 Å². The van der Waals surface area contributed by atoms with E-state index in [1.165, 1.54) is 29.1 Å². The van der Waals surface area contributed by atoms with Gasteiger partial charge >= 0.3 is 0 Å². The lowest BCUT2D eigenvalue weighted by molar-refractivity contribution is 0.110. The largest absolute Gasteiger partial charge is 0.491 e. The van der Waals surface area contributed by atoms with Gasteiger partial charge in [-0.3, -0.25) is 0 Å². The van der Waals surface area contributed by atoms with E-state index in [2.05, 4.69) is 15.6 Å². The van der Waals surface area contributed by atoms with E-state index in [-0.39, 0.29) is 12.4 Å². The number of hydrogen-bond donors (Lipinski definition) is 3. The molecule has 0 spiro atoms. The fourth-order valence-electron chi connectivity index (χ4n) is 1.90. The quantitative estimate of drug-likeness (QED) is 0.505. The van der Waals surface area contributed by atoms with E-state index in [1.807, 2.05) is 24.4 Å². The van der Waals surface area contributed by atoms with Crippen molar-refractivity contribution in [2.24, 2.45) is 4.99 Å². The van der Waals surface area contributed by atoms with Crippen molar-refractivity contribution >= 4 is 17.3 Å². The highest BCUT2D eigenvalue weighted by molar-refractivity contribution is 7.09. The number of benzene rings is 1. The standard InChI is InChI=1S/C17H22FN3O2S/c1-2-19-17(21-11-16-4-3-9-24-16)20-10-14(22)12-23-15-7-5-13(18)6-8-15/h3-9,14,22H,2,10-12H2,1H3,(H2,19,20,21). The molecular weight excluding hydrogens is 329 g/mol. The smallest absolute Gasteiger partial charge is 0.191 e. The van der Waals surface area contributed by atoms with Crippen LogP contribution in [0.2, 0.25) is 0 Å². The first-order valence-electron chi connectivity index (χ1n) is 7.78. The van der Waals surface area contributed by atoms with E-state index in [4.69, 9.17) is 4.74 Å². The summed E-state index contributed by atoms with van der Waals surface area (Å²) in [6, 6.07) is 9.72. The number of hydrogen-bond acceptors (Lipinski definition) is 4. The molecule has 1 unspecified atom stereocenters. The molecule has 0 bridgehead atoms. The predicted octanol–water partition coefficient (Wildman–Crippen LogP) is 2.38. The van der Waals surface area contributed by atoms with Crippen LogP contribution in [0.15, 0.2) is 46.8 Å². The lowest BCUT2D eigenvalue weighted by atomic mass is 10.3. The number of nitrogens with one attached hydrogen (secondary N) is 2. The Bertz CT molecular complexity index is 617. The maximum atomic E-state index is 12.8. The maximum Gasteiger partial charge on any atom is 0.191 e. The number of aliphatic hydroxyl groups is 1. The summed E-state index contributed by atoms with van der Waals surface area (Å²) in [6.45, 7) is 3.73. The molecule has 5 nitrogen and oxygen atoms in total. The summed E-state index contributed by atoms with van der Waals surface area (Å²) in [7, 11) is 0. The zero-order valence-corrected chi connectivity index (χ0v) is 14.4. The summed E-state index contributed by atoms with van der Waals surface area (Å²) in [5, 5.41) is 18.2. The molecule has 0 fully saturated rings. The molecule has 3 N–H and O–H groups in total. The minimum Gasteiger partial charge on any atom is -0.491 e. The van der Waals surface area contributed by atoms with Crippen molar-refractivity contribution in [2.45, 2.75) is 19.6 Å². The number of guanidine groups is 1. The van der Waals surface area contributed by atoms with Gasteiger partial charge in [-0.1, -0.05) is 6.07 Å². The molecule has 130 valence electrons. The summed E-state index contributed by atoms with van der Waals surface area (Å²) >= 11 is 1.66. The lowest BCUT2D eigenvalue weighted by Gasteiger charge is -2.16. The molecule has 0 saturated heterocycles. The minimum absolute atomic E-state index is 0.114. The van der Waals surface area contributed by atoms with Crippen LogP contribution in [0, 0.1) is 5.82 Å². The number of halogens is 1. The third-order valence-corrected chi connectivity index (χ3v) is 3.94. The Balaban J connectivity index is 1.75. The molecule has 1 aromatic carbocycles. The van der Waals surface area contributed by atoms with Crippen LogP contribution in [0.3, 0.4) is 0 Å². The normalized spacial score (nSPS) is 12.7. The Hall–Kier alpha value is -2.12. The molecule has 1 aromatic heterocycles. The van der Waals surface area contributed by atoms with Gasteiger partial charge in [0.1, 0.15) is 24.3 Å². The van der Waals surface area contributed by atoms with Gasteiger partial charge in [0.25, 0.3) is 0 Å². The molecule has 7 heteroatoms. The van der Waals surface area contributed by atoms with E-state index in [0.29, 0.717) is 24.8 Å². The van der Waals surface area contributed by atoms with Crippen LogP contribution in [0.4, 0.5) is 4.39 Å². The fraction of sp³-hybridized carbons (Fsp3) is 0.353. The molecule has 0 radical (unpaired) electrons. The molecule has 0 aliphatic heterocycles. The molecule has 0 amide bonds. The molecule has 0 aliphatic carbocycles. The molecule has 0 aliphatic rings. The van der Waals surface area contributed by atoms with Crippen molar-refractivity contribution < 1.29 is 14.2 Å². The van der Waals surface area contributed by atoms with Gasteiger partial charge in [0.2, 0.25) is 0 Å². The Morgan fingerprint density at radius 3 is 2.75 bits per heavy atom. The van der Waals surface area contributed by atoms with Gasteiger partial charge in [-0.05, 0) is 42.6 Å². The molecule has 0 saturated carbocycles. The first-order chi connectivity index (χ1) is 11.7. The number of thiophene rings is 1.